The number of nitrogens with one attached hydrogen (secondary N) is 1. The van der Waals surface area contributed by atoms with Crippen molar-refractivity contribution in [3.63, 3.8) is 0 Å². The third-order valence-electron chi connectivity index (χ3n) is 3.98. The summed E-state index contributed by atoms with van der Waals surface area (Å²) >= 11 is 1.66. The monoisotopic (exact) mass is 351 g/mol. The molecule has 1 unspecified atom stereocenters. The Morgan fingerprint density at radius 2 is 2.00 bits per heavy atom. The average molecular weight is 351 g/mol. The Morgan fingerprint density at radius 1 is 1.20 bits per heavy atom. The van der Waals surface area contributed by atoms with Crippen LogP contribution in [0.3, 0.4) is 0 Å². The predicted molar refractivity (Wildman–Crippen MR) is 102 cm³/mol. The molecule has 0 aliphatic heterocycles. The number of carbonyl (C=O) groups excluding carboxylic acids is 1. The van der Waals surface area contributed by atoms with Crippen LogP contribution in [0.2, 0.25) is 0 Å². The standard InChI is InChI=1S/C20H21N3OS/c1-15(17-8-4-3-5-9-17)22-19(24)18-10-6-7-16(13-18)14-25-20-21-11-12-23(20)2/h3-13,15H,14H2,1-2H3,(H,22,24). The van der Waals surface area contributed by atoms with Gasteiger partial charge in [0, 0.05) is 30.8 Å². The molecule has 0 aliphatic carbocycles. The quantitative estimate of drug-likeness (QED) is 0.677. The number of hydrogen-bond donors (Lipinski definition) is 1. The number of thioether (sulfide) groups is 1. The van der Waals surface area contributed by atoms with E-state index in [4.69, 9.17) is 0 Å². The molecule has 1 N–H and O–H groups in total. The lowest BCUT2D eigenvalue weighted by molar-refractivity contribution is 0.0940. The molecule has 0 aliphatic rings. The van der Waals surface area contributed by atoms with Crippen molar-refractivity contribution in [2.75, 3.05) is 0 Å². The molecule has 5 heteroatoms. The van der Waals surface area contributed by atoms with Gasteiger partial charge in [0.05, 0.1) is 6.04 Å². The van der Waals surface area contributed by atoms with E-state index in [9.17, 15) is 4.79 Å². The number of rotatable bonds is 6. The van der Waals surface area contributed by atoms with Crippen LogP contribution in [0.25, 0.3) is 0 Å². The number of nitrogens with zero attached hydrogens (tertiary/aromatic N) is 2. The lowest BCUT2D eigenvalue weighted by Gasteiger charge is -2.14. The van der Waals surface area contributed by atoms with E-state index >= 15 is 0 Å². The second kappa shape index (κ2) is 8.03. The fraction of sp³-hybridized carbons (Fsp3) is 0.200. The zero-order chi connectivity index (χ0) is 17.6. The number of aromatic nitrogens is 2. The lowest BCUT2D eigenvalue weighted by Crippen LogP contribution is -2.26. The molecular formula is C20H21N3OS. The average Bonchev–Trinajstić information content (AvgIpc) is 3.06. The van der Waals surface area contributed by atoms with E-state index in [0.29, 0.717) is 5.56 Å². The molecular weight excluding hydrogens is 330 g/mol. The summed E-state index contributed by atoms with van der Waals surface area (Å²) in [5.74, 6) is 0.723. The SMILES string of the molecule is CC(NC(=O)c1cccc(CSc2nccn2C)c1)c1ccccc1. The Balaban J connectivity index is 1.64. The summed E-state index contributed by atoms with van der Waals surface area (Å²) in [4.78, 5) is 16.8. The second-order valence-corrected chi connectivity index (χ2v) is 6.86. The highest BCUT2D eigenvalue weighted by molar-refractivity contribution is 7.98. The number of amides is 1. The first-order valence-electron chi connectivity index (χ1n) is 8.18. The molecule has 4 nitrogen and oxygen atoms in total. The Hall–Kier alpha value is -2.53. The molecule has 0 spiro atoms. The first kappa shape index (κ1) is 17.3. The molecule has 128 valence electrons. The van der Waals surface area contributed by atoms with E-state index < -0.39 is 0 Å². The molecule has 2 aromatic carbocycles. The van der Waals surface area contributed by atoms with Gasteiger partial charge < -0.3 is 9.88 Å². The van der Waals surface area contributed by atoms with Crippen LogP contribution in [0.5, 0.6) is 0 Å². The maximum atomic E-state index is 12.5. The molecule has 3 aromatic rings. The second-order valence-electron chi connectivity index (χ2n) is 5.92. The van der Waals surface area contributed by atoms with Gasteiger partial charge in [-0.05, 0) is 30.2 Å². The summed E-state index contributed by atoms with van der Waals surface area (Å²) in [6, 6.07) is 17.7. The Bertz CT molecular complexity index is 845. The van der Waals surface area contributed by atoms with E-state index in [1.165, 1.54) is 0 Å². The summed E-state index contributed by atoms with van der Waals surface area (Å²) in [5.41, 5.74) is 2.88. The van der Waals surface area contributed by atoms with Crippen molar-refractivity contribution in [3.8, 4) is 0 Å². The normalized spacial score (nSPS) is 11.9. The minimum absolute atomic E-state index is 0.0284. The van der Waals surface area contributed by atoms with Gasteiger partial charge in [-0.3, -0.25) is 4.79 Å². The highest BCUT2D eigenvalue weighted by Gasteiger charge is 2.12. The fourth-order valence-electron chi connectivity index (χ4n) is 2.55. The van der Waals surface area contributed by atoms with Gasteiger partial charge in [0.15, 0.2) is 5.16 Å². The molecule has 25 heavy (non-hydrogen) atoms. The van der Waals surface area contributed by atoms with E-state index in [1.54, 1.807) is 18.0 Å². The van der Waals surface area contributed by atoms with Crippen LogP contribution in [0, 0.1) is 0 Å². The maximum absolute atomic E-state index is 12.5. The van der Waals surface area contributed by atoms with E-state index in [2.05, 4.69) is 10.3 Å². The van der Waals surface area contributed by atoms with Gasteiger partial charge in [-0.25, -0.2) is 4.98 Å². The van der Waals surface area contributed by atoms with Gasteiger partial charge >= 0.3 is 0 Å². The largest absolute Gasteiger partial charge is 0.346 e. The van der Waals surface area contributed by atoms with Gasteiger partial charge in [-0.2, -0.15) is 0 Å². The minimum Gasteiger partial charge on any atom is -0.346 e. The van der Waals surface area contributed by atoms with Crippen LogP contribution in [0.15, 0.2) is 72.1 Å². The van der Waals surface area contributed by atoms with Gasteiger partial charge in [-0.15, -0.1) is 0 Å². The van der Waals surface area contributed by atoms with Gasteiger partial charge in [-0.1, -0.05) is 54.2 Å². The third kappa shape index (κ3) is 4.51. The predicted octanol–water partition coefficient (Wildman–Crippen LogP) is 4.20. The Kier molecular flexibility index (Phi) is 5.56. The lowest BCUT2D eigenvalue weighted by atomic mass is 10.1. The van der Waals surface area contributed by atoms with Crippen LogP contribution >= 0.6 is 11.8 Å². The topological polar surface area (TPSA) is 46.9 Å². The van der Waals surface area contributed by atoms with Crippen LogP contribution in [-0.2, 0) is 12.8 Å². The molecule has 1 heterocycles. The summed E-state index contributed by atoms with van der Waals surface area (Å²) in [5, 5.41) is 4.02. The maximum Gasteiger partial charge on any atom is 0.251 e. The van der Waals surface area contributed by atoms with Crippen molar-refractivity contribution < 1.29 is 4.79 Å². The zero-order valence-electron chi connectivity index (χ0n) is 14.3. The van der Waals surface area contributed by atoms with Crippen LogP contribution in [0.4, 0.5) is 0 Å². The zero-order valence-corrected chi connectivity index (χ0v) is 15.2. The van der Waals surface area contributed by atoms with Crippen molar-refractivity contribution in [1.82, 2.24) is 14.9 Å². The highest BCUT2D eigenvalue weighted by Crippen LogP contribution is 2.21. The van der Waals surface area contributed by atoms with Crippen molar-refractivity contribution in [3.05, 3.63) is 83.7 Å². The molecule has 0 saturated carbocycles. The van der Waals surface area contributed by atoms with Gasteiger partial charge in [0.1, 0.15) is 0 Å². The molecule has 3 rings (SSSR count). The Morgan fingerprint density at radius 3 is 2.72 bits per heavy atom. The third-order valence-corrected chi connectivity index (χ3v) is 5.11. The smallest absolute Gasteiger partial charge is 0.251 e. The van der Waals surface area contributed by atoms with E-state index in [1.807, 2.05) is 79.3 Å². The van der Waals surface area contributed by atoms with Crippen LogP contribution < -0.4 is 5.32 Å². The molecule has 1 atom stereocenters. The van der Waals surface area contributed by atoms with Crippen LogP contribution in [0.1, 0.15) is 34.5 Å². The molecule has 0 saturated heterocycles. The van der Waals surface area contributed by atoms with Crippen molar-refractivity contribution in [1.29, 1.82) is 0 Å². The number of hydrogen-bond acceptors (Lipinski definition) is 3. The van der Waals surface area contributed by atoms with E-state index in [-0.39, 0.29) is 11.9 Å². The molecule has 0 bridgehead atoms. The summed E-state index contributed by atoms with van der Waals surface area (Å²) in [6.07, 6.45) is 3.72. The molecule has 1 amide bonds. The first-order valence-corrected chi connectivity index (χ1v) is 9.17. The Labute approximate surface area is 152 Å². The van der Waals surface area contributed by atoms with Gasteiger partial charge in [0.2, 0.25) is 0 Å². The number of aryl methyl sites for hydroxylation is 1. The molecule has 1 aromatic heterocycles. The highest BCUT2D eigenvalue weighted by atomic mass is 32.2. The summed E-state index contributed by atoms with van der Waals surface area (Å²) < 4.78 is 1.99. The van der Waals surface area contributed by atoms with Crippen molar-refractivity contribution >= 4 is 17.7 Å². The first-order chi connectivity index (χ1) is 12.1. The van der Waals surface area contributed by atoms with E-state index in [0.717, 1.165) is 22.0 Å². The van der Waals surface area contributed by atoms with Gasteiger partial charge in [0.25, 0.3) is 5.91 Å². The number of benzene rings is 2. The minimum atomic E-state index is -0.0554. The van der Waals surface area contributed by atoms with Crippen LogP contribution in [-0.4, -0.2) is 15.5 Å². The fourth-order valence-corrected chi connectivity index (χ4v) is 3.42. The number of carbonyl (C=O) groups is 1. The molecule has 0 fully saturated rings. The summed E-state index contributed by atoms with van der Waals surface area (Å²) in [7, 11) is 1.98. The number of imidazole rings is 1. The van der Waals surface area contributed by atoms with Crippen molar-refractivity contribution in [2.24, 2.45) is 7.05 Å². The van der Waals surface area contributed by atoms with Crippen molar-refractivity contribution in [2.45, 2.75) is 23.9 Å². The summed E-state index contributed by atoms with van der Waals surface area (Å²) in [6.45, 7) is 1.99. The molecule has 0 radical (unpaired) electrons.